The molecule has 3 aromatic rings. The lowest BCUT2D eigenvalue weighted by molar-refractivity contribution is -0.115. The molecule has 1 aliphatic rings. The molecule has 0 aromatic carbocycles. The van der Waals surface area contributed by atoms with E-state index in [0.717, 1.165) is 36.8 Å². The van der Waals surface area contributed by atoms with Gasteiger partial charge in [0.15, 0.2) is 0 Å². The Kier molecular flexibility index (Phi) is 4.93. The minimum Gasteiger partial charge on any atom is -0.332 e. The number of fused-ring (bicyclic) bond motifs is 1. The largest absolute Gasteiger partial charge is 0.332 e. The summed E-state index contributed by atoms with van der Waals surface area (Å²) < 4.78 is 2.16. The standard InChI is InChI=1S/C20H22N6O/c1-15-20-24-18(11-19(27)23-16-6-4-7-21-12-16)14-26(20)10-9-25(15)13-17-5-2-3-8-22-17/h2-8,12,14-15H,9-11,13H2,1H3,(H,23,27). The van der Waals surface area contributed by atoms with E-state index in [2.05, 4.69) is 31.7 Å². The van der Waals surface area contributed by atoms with Crippen LogP contribution in [0.1, 0.15) is 30.2 Å². The van der Waals surface area contributed by atoms with Crippen LogP contribution in [0.5, 0.6) is 0 Å². The Morgan fingerprint density at radius 3 is 2.89 bits per heavy atom. The Bertz CT molecular complexity index is 909. The van der Waals surface area contributed by atoms with Gasteiger partial charge in [0.2, 0.25) is 5.91 Å². The maximum absolute atomic E-state index is 12.3. The van der Waals surface area contributed by atoms with E-state index in [1.165, 1.54) is 0 Å². The average molecular weight is 362 g/mol. The Labute approximate surface area is 158 Å². The van der Waals surface area contributed by atoms with Crippen LogP contribution in [0.25, 0.3) is 0 Å². The number of pyridine rings is 2. The molecule has 3 aromatic heterocycles. The molecule has 0 bridgehead atoms. The normalized spacial score (nSPS) is 16.7. The van der Waals surface area contributed by atoms with Crippen LogP contribution in [0.15, 0.2) is 55.1 Å². The first kappa shape index (κ1) is 17.4. The van der Waals surface area contributed by atoms with Gasteiger partial charge in [0.1, 0.15) is 5.82 Å². The number of carbonyl (C=O) groups is 1. The summed E-state index contributed by atoms with van der Waals surface area (Å²) in [5, 5.41) is 2.85. The molecule has 0 spiro atoms. The second-order valence-electron chi connectivity index (χ2n) is 6.72. The number of hydrogen-bond donors (Lipinski definition) is 1. The second kappa shape index (κ2) is 7.67. The summed E-state index contributed by atoms with van der Waals surface area (Å²) in [6.45, 7) is 4.75. The van der Waals surface area contributed by atoms with Crippen LogP contribution in [0.3, 0.4) is 0 Å². The van der Waals surface area contributed by atoms with Gasteiger partial charge < -0.3 is 9.88 Å². The van der Waals surface area contributed by atoms with Crippen molar-refractivity contribution in [3.8, 4) is 0 Å². The minimum absolute atomic E-state index is 0.0866. The van der Waals surface area contributed by atoms with Crippen LogP contribution < -0.4 is 5.32 Å². The van der Waals surface area contributed by atoms with Gasteiger partial charge >= 0.3 is 0 Å². The lowest BCUT2D eigenvalue weighted by Crippen LogP contribution is -2.36. The highest BCUT2D eigenvalue weighted by atomic mass is 16.1. The summed E-state index contributed by atoms with van der Waals surface area (Å²) >= 11 is 0. The highest BCUT2D eigenvalue weighted by molar-refractivity contribution is 5.91. The average Bonchev–Trinajstić information content (AvgIpc) is 3.09. The Morgan fingerprint density at radius 1 is 1.19 bits per heavy atom. The molecule has 7 heteroatoms. The van der Waals surface area contributed by atoms with E-state index in [0.29, 0.717) is 5.69 Å². The first-order valence-electron chi connectivity index (χ1n) is 9.09. The van der Waals surface area contributed by atoms with Gasteiger partial charge in [0.05, 0.1) is 35.7 Å². The van der Waals surface area contributed by atoms with Gasteiger partial charge in [-0.2, -0.15) is 0 Å². The summed E-state index contributed by atoms with van der Waals surface area (Å²) in [7, 11) is 0. The van der Waals surface area contributed by atoms with Crippen LogP contribution in [0.4, 0.5) is 5.69 Å². The van der Waals surface area contributed by atoms with Gasteiger partial charge in [0.25, 0.3) is 0 Å². The monoisotopic (exact) mass is 362 g/mol. The summed E-state index contributed by atoms with van der Waals surface area (Å²) in [4.78, 5) is 27.8. The van der Waals surface area contributed by atoms with Gasteiger partial charge in [-0.3, -0.25) is 19.7 Å². The van der Waals surface area contributed by atoms with Crippen LogP contribution >= 0.6 is 0 Å². The number of nitrogens with zero attached hydrogens (tertiary/aromatic N) is 5. The molecule has 27 heavy (non-hydrogen) atoms. The summed E-state index contributed by atoms with van der Waals surface area (Å²) in [6.07, 6.45) is 7.38. The molecule has 4 rings (SSSR count). The van der Waals surface area contributed by atoms with Crippen molar-refractivity contribution in [2.75, 3.05) is 11.9 Å². The Morgan fingerprint density at radius 2 is 2.11 bits per heavy atom. The number of hydrogen-bond acceptors (Lipinski definition) is 5. The topological polar surface area (TPSA) is 75.9 Å². The fourth-order valence-electron chi connectivity index (χ4n) is 3.40. The first-order valence-corrected chi connectivity index (χ1v) is 9.09. The maximum Gasteiger partial charge on any atom is 0.230 e. The number of anilines is 1. The molecule has 1 atom stereocenters. The second-order valence-corrected chi connectivity index (χ2v) is 6.72. The molecule has 7 nitrogen and oxygen atoms in total. The number of amides is 1. The van der Waals surface area contributed by atoms with Crippen LogP contribution in [0.2, 0.25) is 0 Å². The molecule has 0 fully saturated rings. The number of carbonyl (C=O) groups excluding carboxylic acids is 1. The van der Waals surface area contributed by atoms with Crippen molar-refractivity contribution >= 4 is 11.6 Å². The zero-order valence-electron chi connectivity index (χ0n) is 15.2. The molecular formula is C20H22N6O. The van der Waals surface area contributed by atoms with Gasteiger partial charge in [-0.05, 0) is 31.2 Å². The van der Waals surface area contributed by atoms with E-state index in [1.807, 2.05) is 36.7 Å². The molecule has 1 amide bonds. The predicted octanol–water partition coefficient (Wildman–Crippen LogP) is 2.43. The van der Waals surface area contributed by atoms with E-state index in [9.17, 15) is 4.79 Å². The zero-order valence-corrected chi connectivity index (χ0v) is 15.2. The molecular weight excluding hydrogens is 340 g/mol. The summed E-state index contributed by atoms with van der Waals surface area (Å²) in [5.74, 6) is 0.915. The van der Waals surface area contributed by atoms with Crippen molar-refractivity contribution in [2.45, 2.75) is 32.5 Å². The number of aromatic nitrogens is 4. The fourth-order valence-corrected chi connectivity index (χ4v) is 3.40. The third-order valence-electron chi connectivity index (χ3n) is 4.78. The van der Waals surface area contributed by atoms with Crippen molar-refractivity contribution in [1.82, 2.24) is 24.4 Å². The van der Waals surface area contributed by atoms with Crippen molar-refractivity contribution in [2.24, 2.45) is 0 Å². The van der Waals surface area contributed by atoms with E-state index in [-0.39, 0.29) is 18.4 Å². The molecule has 1 unspecified atom stereocenters. The molecule has 0 radical (unpaired) electrons. The van der Waals surface area contributed by atoms with Gasteiger partial charge in [-0.25, -0.2) is 4.98 Å². The van der Waals surface area contributed by atoms with Crippen molar-refractivity contribution in [3.05, 3.63) is 72.3 Å². The van der Waals surface area contributed by atoms with Gasteiger partial charge in [0, 0.05) is 38.2 Å². The Balaban J connectivity index is 1.42. The fraction of sp³-hybridized carbons (Fsp3) is 0.300. The molecule has 0 aliphatic carbocycles. The molecule has 0 saturated carbocycles. The lowest BCUT2D eigenvalue weighted by atomic mass is 10.2. The van der Waals surface area contributed by atoms with E-state index in [4.69, 9.17) is 4.98 Å². The third-order valence-corrected chi connectivity index (χ3v) is 4.78. The summed E-state index contributed by atoms with van der Waals surface area (Å²) in [5.41, 5.74) is 2.54. The van der Waals surface area contributed by atoms with E-state index in [1.54, 1.807) is 18.5 Å². The van der Waals surface area contributed by atoms with Crippen molar-refractivity contribution in [1.29, 1.82) is 0 Å². The van der Waals surface area contributed by atoms with E-state index < -0.39 is 0 Å². The predicted molar refractivity (Wildman–Crippen MR) is 102 cm³/mol. The summed E-state index contributed by atoms with van der Waals surface area (Å²) in [6, 6.07) is 9.77. The van der Waals surface area contributed by atoms with Gasteiger partial charge in [-0.1, -0.05) is 6.07 Å². The first-order chi connectivity index (χ1) is 13.2. The SMILES string of the molecule is CC1c2nc(CC(=O)Nc3cccnc3)cn2CCN1Cc1ccccn1. The molecule has 1 aliphatic heterocycles. The van der Waals surface area contributed by atoms with Gasteiger partial charge in [-0.15, -0.1) is 0 Å². The zero-order chi connectivity index (χ0) is 18.6. The number of nitrogens with one attached hydrogen (secondary N) is 1. The van der Waals surface area contributed by atoms with E-state index >= 15 is 0 Å². The smallest absolute Gasteiger partial charge is 0.230 e. The van der Waals surface area contributed by atoms with Crippen LogP contribution in [-0.2, 0) is 24.3 Å². The third kappa shape index (κ3) is 4.03. The van der Waals surface area contributed by atoms with Crippen LogP contribution in [-0.4, -0.2) is 36.9 Å². The maximum atomic E-state index is 12.3. The molecule has 4 heterocycles. The quantitative estimate of drug-likeness (QED) is 0.754. The van der Waals surface area contributed by atoms with Crippen LogP contribution in [0, 0.1) is 0 Å². The highest BCUT2D eigenvalue weighted by Crippen LogP contribution is 2.26. The lowest BCUT2D eigenvalue weighted by Gasteiger charge is -2.33. The number of rotatable bonds is 5. The molecule has 0 saturated heterocycles. The Hall–Kier alpha value is -3.06. The minimum atomic E-state index is -0.0866. The highest BCUT2D eigenvalue weighted by Gasteiger charge is 2.26. The molecule has 138 valence electrons. The van der Waals surface area contributed by atoms with Crippen molar-refractivity contribution < 1.29 is 4.79 Å². The molecule has 1 N–H and O–H groups in total. The van der Waals surface area contributed by atoms with Crippen molar-refractivity contribution in [3.63, 3.8) is 0 Å². The number of imidazole rings is 1.